The zero-order valence-electron chi connectivity index (χ0n) is 17.0. The molecule has 3 rings (SSSR count). The molecule has 0 radical (unpaired) electrons. The third kappa shape index (κ3) is 7.63. The average Bonchev–Trinajstić information content (AvgIpc) is 3.36. The van der Waals surface area contributed by atoms with Gasteiger partial charge in [0, 0.05) is 10.7 Å². The summed E-state index contributed by atoms with van der Waals surface area (Å²) in [5, 5.41) is 4.99. The molecule has 3 amide bonds. The van der Waals surface area contributed by atoms with Gasteiger partial charge in [0.2, 0.25) is 0 Å². The van der Waals surface area contributed by atoms with Crippen molar-refractivity contribution < 1.29 is 28.7 Å². The lowest BCUT2D eigenvalue weighted by Gasteiger charge is -2.10. The average molecular weight is 488 g/mol. The fourth-order valence-corrected chi connectivity index (χ4v) is 3.18. The quantitative estimate of drug-likeness (QED) is 0.331. The summed E-state index contributed by atoms with van der Waals surface area (Å²) >= 11 is 7.05. The van der Waals surface area contributed by atoms with E-state index in [4.69, 9.17) is 21.1 Å². The topological polar surface area (TPSA) is 123 Å². The van der Waals surface area contributed by atoms with Crippen LogP contribution < -0.4 is 20.9 Å². The van der Waals surface area contributed by atoms with Crippen molar-refractivity contribution in [1.29, 1.82) is 0 Å². The van der Waals surface area contributed by atoms with E-state index in [1.165, 1.54) is 23.5 Å². The second kappa shape index (κ2) is 11.7. The number of ether oxygens (including phenoxy) is 2. The summed E-state index contributed by atoms with van der Waals surface area (Å²) in [6.45, 7) is -0.964. The van der Waals surface area contributed by atoms with Gasteiger partial charge in [0.05, 0.1) is 10.4 Å². The van der Waals surface area contributed by atoms with Crippen molar-refractivity contribution in [3.63, 3.8) is 0 Å². The van der Waals surface area contributed by atoms with Crippen LogP contribution in [0.25, 0.3) is 0 Å². The van der Waals surface area contributed by atoms with Crippen molar-refractivity contribution in [1.82, 2.24) is 10.9 Å². The first-order valence-corrected chi connectivity index (χ1v) is 10.7. The van der Waals surface area contributed by atoms with Crippen LogP contribution >= 0.6 is 22.9 Å². The van der Waals surface area contributed by atoms with Gasteiger partial charge in [-0.05, 0) is 53.9 Å². The number of anilines is 1. The summed E-state index contributed by atoms with van der Waals surface area (Å²) in [6, 6.07) is 16.0. The molecule has 3 N–H and O–H groups in total. The molecule has 170 valence electrons. The smallest absolute Gasteiger partial charge is 0.338 e. The predicted molar refractivity (Wildman–Crippen MR) is 122 cm³/mol. The number of rotatable bonds is 8. The maximum atomic E-state index is 12.2. The highest BCUT2D eigenvalue weighted by atomic mass is 35.5. The van der Waals surface area contributed by atoms with Crippen molar-refractivity contribution in [3.8, 4) is 5.75 Å². The number of carbonyl (C=O) groups excluding carboxylic acids is 4. The number of halogens is 1. The third-order valence-electron chi connectivity index (χ3n) is 3.96. The molecule has 9 nitrogen and oxygen atoms in total. The van der Waals surface area contributed by atoms with Gasteiger partial charge in [0.25, 0.3) is 17.7 Å². The van der Waals surface area contributed by atoms with E-state index in [1.807, 2.05) is 0 Å². The summed E-state index contributed by atoms with van der Waals surface area (Å²) in [5.41, 5.74) is 4.81. The maximum absolute atomic E-state index is 12.2. The highest BCUT2D eigenvalue weighted by Gasteiger charge is 2.13. The Morgan fingerprint density at radius 3 is 2.30 bits per heavy atom. The number of hydrogen-bond donors (Lipinski definition) is 3. The first kappa shape index (κ1) is 23.8. The number of carbonyl (C=O) groups is 4. The Balaban J connectivity index is 1.39. The molecule has 3 aromatic rings. The molecule has 1 heterocycles. The number of thiophene rings is 1. The fraction of sp³-hybridized carbons (Fsp3) is 0.0909. The van der Waals surface area contributed by atoms with Crippen LogP contribution in [0, 0.1) is 0 Å². The van der Waals surface area contributed by atoms with E-state index in [-0.39, 0.29) is 18.1 Å². The van der Waals surface area contributed by atoms with Crippen LogP contribution in [0.1, 0.15) is 20.0 Å². The number of esters is 1. The Labute approximate surface area is 197 Å². The molecule has 0 bridgehead atoms. The molecule has 0 aliphatic rings. The normalized spacial score (nSPS) is 10.1. The minimum atomic E-state index is -0.769. The molecule has 0 fully saturated rings. The Morgan fingerprint density at radius 2 is 1.61 bits per heavy atom. The van der Waals surface area contributed by atoms with Crippen LogP contribution in [0.5, 0.6) is 5.75 Å². The molecule has 0 aliphatic heterocycles. The van der Waals surface area contributed by atoms with Gasteiger partial charge in [-0.2, -0.15) is 0 Å². The number of amides is 3. The SMILES string of the molecule is O=C(COC(=O)c1cccc(NC(=O)c2cccs2)c1)NNC(=O)COc1ccc(Cl)cc1. The molecule has 0 unspecified atom stereocenters. The van der Waals surface area contributed by atoms with E-state index >= 15 is 0 Å². The van der Waals surface area contributed by atoms with Crippen LogP contribution in [0.2, 0.25) is 5.02 Å². The summed E-state index contributed by atoms with van der Waals surface area (Å²) in [6.07, 6.45) is 0. The number of benzene rings is 2. The summed E-state index contributed by atoms with van der Waals surface area (Å²) < 4.78 is 10.2. The van der Waals surface area contributed by atoms with Crippen LogP contribution in [0.3, 0.4) is 0 Å². The third-order valence-corrected chi connectivity index (χ3v) is 5.08. The summed E-state index contributed by atoms with van der Waals surface area (Å²) in [5.74, 6) is -1.99. The fourth-order valence-electron chi connectivity index (χ4n) is 2.43. The van der Waals surface area contributed by atoms with Crippen molar-refractivity contribution >= 4 is 52.3 Å². The van der Waals surface area contributed by atoms with E-state index in [9.17, 15) is 19.2 Å². The molecule has 0 aliphatic carbocycles. The van der Waals surface area contributed by atoms with Gasteiger partial charge >= 0.3 is 5.97 Å². The minimum Gasteiger partial charge on any atom is -0.484 e. The highest BCUT2D eigenvalue weighted by Crippen LogP contribution is 2.16. The first-order chi connectivity index (χ1) is 15.9. The van der Waals surface area contributed by atoms with E-state index in [2.05, 4.69) is 16.2 Å². The zero-order valence-corrected chi connectivity index (χ0v) is 18.6. The maximum Gasteiger partial charge on any atom is 0.338 e. The van der Waals surface area contributed by atoms with Crippen LogP contribution in [0.4, 0.5) is 5.69 Å². The van der Waals surface area contributed by atoms with Gasteiger partial charge in [-0.25, -0.2) is 4.79 Å². The molecule has 0 atom stereocenters. The Hall–Kier alpha value is -3.89. The Morgan fingerprint density at radius 1 is 0.879 bits per heavy atom. The number of hydrogen-bond acceptors (Lipinski definition) is 7. The van der Waals surface area contributed by atoms with Crippen LogP contribution in [-0.4, -0.2) is 36.9 Å². The van der Waals surface area contributed by atoms with Gasteiger partial charge < -0.3 is 14.8 Å². The van der Waals surface area contributed by atoms with Crippen molar-refractivity contribution in [2.24, 2.45) is 0 Å². The van der Waals surface area contributed by atoms with Gasteiger partial charge in [-0.1, -0.05) is 23.7 Å². The lowest BCUT2D eigenvalue weighted by atomic mass is 10.2. The van der Waals surface area contributed by atoms with Gasteiger partial charge in [0.15, 0.2) is 13.2 Å². The van der Waals surface area contributed by atoms with Gasteiger partial charge in [-0.3, -0.25) is 25.2 Å². The standard InChI is InChI=1S/C22H18ClN3O6S/c23-15-6-8-17(9-7-15)31-12-19(27)25-26-20(28)13-32-22(30)14-3-1-4-16(11-14)24-21(29)18-5-2-10-33-18/h1-11H,12-13H2,(H,24,29)(H,25,27)(H,26,28). The lowest BCUT2D eigenvalue weighted by Crippen LogP contribution is -2.45. The molecule has 0 saturated heterocycles. The summed E-state index contributed by atoms with van der Waals surface area (Å²) in [4.78, 5) is 48.4. The first-order valence-electron chi connectivity index (χ1n) is 9.49. The molecule has 0 spiro atoms. The van der Waals surface area contributed by atoms with Gasteiger partial charge in [-0.15, -0.1) is 11.3 Å². The lowest BCUT2D eigenvalue weighted by molar-refractivity contribution is -0.131. The second-order valence-corrected chi connectivity index (χ2v) is 7.81. The van der Waals surface area contributed by atoms with E-state index < -0.39 is 24.4 Å². The number of hydrazine groups is 1. The summed E-state index contributed by atoms with van der Waals surface area (Å²) in [7, 11) is 0. The Kier molecular flexibility index (Phi) is 8.39. The molecule has 11 heteroatoms. The minimum absolute atomic E-state index is 0.146. The van der Waals surface area contributed by atoms with Crippen molar-refractivity contribution in [3.05, 3.63) is 81.5 Å². The second-order valence-electron chi connectivity index (χ2n) is 6.43. The van der Waals surface area contributed by atoms with E-state index in [0.717, 1.165) is 0 Å². The monoisotopic (exact) mass is 487 g/mol. The molecular formula is C22H18ClN3O6S. The Bertz CT molecular complexity index is 1140. The van der Waals surface area contributed by atoms with Crippen LogP contribution in [0.15, 0.2) is 66.0 Å². The van der Waals surface area contributed by atoms with E-state index in [1.54, 1.807) is 53.9 Å². The molecule has 2 aromatic carbocycles. The largest absolute Gasteiger partial charge is 0.484 e. The van der Waals surface area contributed by atoms with Gasteiger partial charge in [0.1, 0.15) is 5.75 Å². The molecule has 0 saturated carbocycles. The van der Waals surface area contributed by atoms with Crippen molar-refractivity contribution in [2.45, 2.75) is 0 Å². The molecule has 1 aromatic heterocycles. The van der Waals surface area contributed by atoms with Crippen molar-refractivity contribution in [2.75, 3.05) is 18.5 Å². The molecule has 33 heavy (non-hydrogen) atoms. The number of nitrogens with one attached hydrogen (secondary N) is 3. The zero-order chi connectivity index (χ0) is 23.6. The van der Waals surface area contributed by atoms with E-state index in [0.29, 0.717) is 21.3 Å². The highest BCUT2D eigenvalue weighted by molar-refractivity contribution is 7.12. The molecular weight excluding hydrogens is 470 g/mol. The predicted octanol–water partition coefficient (Wildman–Crippen LogP) is 3.04. The van der Waals surface area contributed by atoms with Crippen LogP contribution in [-0.2, 0) is 14.3 Å².